The van der Waals surface area contributed by atoms with Crippen molar-refractivity contribution in [3.8, 4) is 6.07 Å². The number of nitrogens with zero attached hydrogens (tertiary/aromatic N) is 2. The Balaban J connectivity index is 1.52. The van der Waals surface area contributed by atoms with Gasteiger partial charge in [-0.05, 0) is 36.5 Å². The molecule has 0 aromatic heterocycles. The van der Waals surface area contributed by atoms with Gasteiger partial charge >= 0.3 is 0 Å². The van der Waals surface area contributed by atoms with Gasteiger partial charge in [-0.2, -0.15) is 5.26 Å². The molecule has 0 bridgehead atoms. The third-order valence-electron chi connectivity index (χ3n) is 6.06. The van der Waals surface area contributed by atoms with Crippen LogP contribution in [-0.2, 0) is 11.3 Å². The highest BCUT2D eigenvalue weighted by Crippen LogP contribution is 2.28. The normalized spacial score (nSPS) is 23.2. The van der Waals surface area contributed by atoms with Gasteiger partial charge in [0.25, 0.3) is 0 Å². The largest absolute Gasteiger partial charge is 0.366 e. The Labute approximate surface area is 167 Å². The van der Waals surface area contributed by atoms with Crippen LogP contribution in [0.4, 0.5) is 0 Å². The van der Waals surface area contributed by atoms with Crippen LogP contribution in [0.1, 0.15) is 67.3 Å². The van der Waals surface area contributed by atoms with E-state index >= 15 is 0 Å². The third-order valence-corrected chi connectivity index (χ3v) is 6.06. The van der Waals surface area contributed by atoms with Gasteiger partial charge < -0.3 is 11.1 Å². The van der Waals surface area contributed by atoms with E-state index in [1.807, 2.05) is 12.1 Å². The first kappa shape index (κ1) is 20.3. The highest BCUT2D eigenvalue weighted by Gasteiger charge is 2.39. The van der Waals surface area contributed by atoms with E-state index in [2.05, 4.69) is 16.3 Å². The van der Waals surface area contributed by atoms with Crippen molar-refractivity contribution >= 4 is 11.8 Å². The maximum absolute atomic E-state index is 12.5. The van der Waals surface area contributed by atoms with Crippen molar-refractivity contribution in [3.05, 3.63) is 35.4 Å². The van der Waals surface area contributed by atoms with E-state index < -0.39 is 11.4 Å². The first-order valence-electron chi connectivity index (χ1n) is 10.3. The van der Waals surface area contributed by atoms with Crippen molar-refractivity contribution in [1.29, 1.82) is 5.26 Å². The molecule has 0 radical (unpaired) electrons. The number of amides is 2. The monoisotopic (exact) mass is 382 g/mol. The number of carbonyl (C=O) groups is 2. The number of rotatable bonds is 7. The molecule has 3 rings (SSSR count). The van der Waals surface area contributed by atoms with Crippen molar-refractivity contribution in [2.75, 3.05) is 13.1 Å². The number of hydrogen-bond donors (Lipinski definition) is 2. The Kier molecular flexibility index (Phi) is 6.69. The lowest BCUT2D eigenvalue weighted by Gasteiger charge is -2.25. The smallest absolute Gasteiger partial charge is 0.248 e. The number of primary amides is 1. The molecule has 2 aliphatic rings. The van der Waals surface area contributed by atoms with Crippen molar-refractivity contribution in [1.82, 2.24) is 10.2 Å². The second kappa shape index (κ2) is 9.20. The Morgan fingerprint density at radius 3 is 2.79 bits per heavy atom. The van der Waals surface area contributed by atoms with E-state index in [9.17, 15) is 14.9 Å². The summed E-state index contributed by atoms with van der Waals surface area (Å²) in [4.78, 5) is 26.0. The van der Waals surface area contributed by atoms with Crippen LogP contribution in [0.5, 0.6) is 0 Å². The highest BCUT2D eigenvalue weighted by molar-refractivity contribution is 5.92. The lowest BCUT2D eigenvalue weighted by molar-refractivity contribution is -0.122. The van der Waals surface area contributed by atoms with Gasteiger partial charge in [0.1, 0.15) is 5.54 Å². The van der Waals surface area contributed by atoms with Crippen LogP contribution in [0.25, 0.3) is 0 Å². The second-order valence-electron chi connectivity index (χ2n) is 8.31. The number of hydrogen-bond acceptors (Lipinski definition) is 4. The van der Waals surface area contributed by atoms with Gasteiger partial charge in [-0.15, -0.1) is 0 Å². The Bertz CT molecular complexity index is 751. The summed E-state index contributed by atoms with van der Waals surface area (Å²) in [6.07, 6.45) is 8.39. The van der Waals surface area contributed by atoms with E-state index in [4.69, 9.17) is 5.73 Å². The van der Waals surface area contributed by atoms with Crippen molar-refractivity contribution in [2.24, 2.45) is 11.7 Å². The van der Waals surface area contributed by atoms with Gasteiger partial charge in [0, 0.05) is 31.6 Å². The predicted octanol–water partition coefficient (Wildman–Crippen LogP) is 2.73. The third kappa shape index (κ3) is 5.32. The Morgan fingerprint density at radius 1 is 1.29 bits per heavy atom. The molecule has 1 aliphatic heterocycles. The molecule has 1 heterocycles. The molecule has 1 atom stereocenters. The Hall–Kier alpha value is -2.39. The zero-order chi connectivity index (χ0) is 20.0. The molecule has 2 fully saturated rings. The van der Waals surface area contributed by atoms with Crippen LogP contribution in [0.2, 0.25) is 0 Å². The fraction of sp³-hybridized carbons (Fsp3) is 0.591. The first-order chi connectivity index (χ1) is 13.5. The van der Waals surface area contributed by atoms with Crippen molar-refractivity contribution in [3.63, 3.8) is 0 Å². The molecule has 1 aromatic rings. The van der Waals surface area contributed by atoms with Crippen molar-refractivity contribution < 1.29 is 9.59 Å². The second-order valence-corrected chi connectivity index (χ2v) is 8.31. The topological polar surface area (TPSA) is 99.2 Å². The zero-order valence-electron chi connectivity index (χ0n) is 16.5. The molecule has 1 aliphatic carbocycles. The SMILES string of the molecule is N#CC1(NC(=O)CCC2CCCCC2)CCN(Cc2cccc(C(N)=O)c2)C1. The minimum atomic E-state index is -0.815. The van der Waals surface area contributed by atoms with E-state index in [0.29, 0.717) is 37.4 Å². The van der Waals surface area contributed by atoms with E-state index in [0.717, 1.165) is 18.5 Å². The summed E-state index contributed by atoms with van der Waals surface area (Å²) < 4.78 is 0. The van der Waals surface area contributed by atoms with Crippen LogP contribution in [0, 0.1) is 17.2 Å². The molecule has 150 valence electrons. The molecule has 1 saturated carbocycles. The fourth-order valence-corrected chi connectivity index (χ4v) is 4.47. The van der Waals surface area contributed by atoms with Gasteiger partial charge in [-0.3, -0.25) is 14.5 Å². The molecule has 0 spiro atoms. The van der Waals surface area contributed by atoms with E-state index in [-0.39, 0.29) is 5.91 Å². The lowest BCUT2D eigenvalue weighted by atomic mass is 9.86. The molecule has 1 aromatic carbocycles. The first-order valence-corrected chi connectivity index (χ1v) is 10.3. The van der Waals surface area contributed by atoms with Crippen LogP contribution in [-0.4, -0.2) is 35.3 Å². The summed E-state index contributed by atoms with van der Waals surface area (Å²) in [5.74, 6) is 0.208. The molecule has 2 amide bonds. The standard InChI is InChI=1S/C22H30N4O2/c23-15-22(25-20(27)10-9-17-5-2-1-3-6-17)11-12-26(16-22)14-18-7-4-8-19(13-18)21(24)28/h4,7-8,13,17H,1-3,5-6,9-12,14,16H2,(H2,24,28)(H,25,27). The number of benzene rings is 1. The maximum Gasteiger partial charge on any atom is 0.248 e. The van der Waals surface area contributed by atoms with Gasteiger partial charge in [-0.25, -0.2) is 0 Å². The van der Waals surface area contributed by atoms with Crippen LogP contribution < -0.4 is 11.1 Å². The van der Waals surface area contributed by atoms with E-state index in [1.165, 1.54) is 32.1 Å². The van der Waals surface area contributed by atoms with Crippen LogP contribution in [0.3, 0.4) is 0 Å². The summed E-state index contributed by atoms with van der Waals surface area (Å²) >= 11 is 0. The lowest BCUT2D eigenvalue weighted by Crippen LogP contribution is -2.49. The van der Waals surface area contributed by atoms with Crippen LogP contribution >= 0.6 is 0 Å². The van der Waals surface area contributed by atoms with Gasteiger partial charge in [0.2, 0.25) is 11.8 Å². The minimum Gasteiger partial charge on any atom is -0.366 e. The number of nitrogens with one attached hydrogen (secondary N) is 1. The van der Waals surface area contributed by atoms with Gasteiger partial charge in [0.05, 0.1) is 6.07 Å². The number of nitriles is 1. The predicted molar refractivity (Wildman–Crippen MR) is 107 cm³/mol. The quantitative estimate of drug-likeness (QED) is 0.757. The molecular weight excluding hydrogens is 352 g/mol. The molecular formula is C22H30N4O2. The van der Waals surface area contributed by atoms with Crippen molar-refractivity contribution in [2.45, 2.75) is 63.5 Å². The summed E-state index contributed by atoms with van der Waals surface area (Å²) in [5.41, 5.74) is 6.00. The fourth-order valence-electron chi connectivity index (χ4n) is 4.47. The molecule has 28 heavy (non-hydrogen) atoms. The van der Waals surface area contributed by atoms with Crippen LogP contribution in [0.15, 0.2) is 24.3 Å². The summed E-state index contributed by atoms with van der Waals surface area (Å²) in [7, 11) is 0. The molecule has 1 saturated heterocycles. The summed E-state index contributed by atoms with van der Waals surface area (Å²) in [5, 5.41) is 12.7. The van der Waals surface area contributed by atoms with Gasteiger partial charge in [-0.1, -0.05) is 44.2 Å². The van der Waals surface area contributed by atoms with Gasteiger partial charge in [0.15, 0.2) is 0 Å². The maximum atomic E-state index is 12.5. The molecule has 1 unspecified atom stereocenters. The molecule has 6 heteroatoms. The number of likely N-dealkylation sites (tertiary alicyclic amines) is 1. The summed E-state index contributed by atoms with van der Waals surface area (Å²) in [6.45, 7) is 1.86. The summed E-state index contributed by atoms with van der Waals surface area (Å²) in [6, 6.07) is 9.59. The minimum absolute atomic E-state index is 0.00954. The molecule has 6 nitrogen and oxygen atoms in total. The average molecular weight is 383 g/mol. The number of carbonyl (C=O) groups excluding carboxylic acids is 2. The average Bonchev–Trinajstić information content (AvgIpc) is 3.10. The number of nitrogens with two attached hydrogens (primary N) is 1. The molecule has 3 N–H and O–H groups in total. The Morgan fingerprint density at radius 2 is 2.07 bits per heavy atom. The highest BCUT2D eigenvalue weighted by atomic mass is 16.2. The van der Waals surface area contributed by atoms with E-state index in [1.54, 1.807) is 12.1 Å². The zero-order valence-corrected chi connectivity index (χ0v) is 16.5.